The van der Waals surface area contributed by atoms with Gasteiger partial charge in [-0.05, 0) is 37.5 Å². The van der Waals surface area contributed by atoms with Crippen LogP contribution >= 0.6 is 11.3 Å². The van der Waals surface area contributed by atoms with E-state index in [1.54, 1.807) is 19.9 Å². The van der Waals surface area contributed by atoms with Gasteiger partial charge in [0.25, 0.3) is 5.91 Å². The maximum absolute atomic E-state index is 12.2. The predicted octanol–water partition coefficient (Wildman–Crippen LogP) is 3.68. The SMILES string of the molecule is CCOC(=O)c1sc(NC(=O)COc2ccccc2CC)c(C#N)c1C. The fraction of sp³-hybridized carbons (Fsp3) is 0.316. The number of ether oxygens (including phenoxy) is 2. The molecule has 1 aromatic carbocycles. The molecule has 0 aliphatic rings. The highest BCUT2D eigenvalue weighted by Crippen LogP contribution is 2.33. The first-order valence-corrected chi connectivity index (χ1v) is 9.04. The molecule has 1 amide bonds. The van der Waals surface area contributed by atoms with E-state index in [9.17, 15) is 14.9 Å². The normalized spacial score (nSPS) is 10.1. The Labute approximate surface area is 156 Å². The number of hydrogen-bond acceptors (Lipinski definition) is 6. The van der Waals surface area contributed by atoms with Crippen LogP contribution in [0.3, 0.4) is 0 Å². The highest BCUT2D eigenvalue weighted by molar-refractivity contribution is 7.18. The van der Waals surface area contributed by atoms with Crippen LogP contribution in [0, 0.1) is 18.3 Å². The number of nitrogens with zero attached hydrogens (tertiary/aromatic N) is 1. The molecule has 7 heteroatoms. The number of anilines is 1. The van der Waals surface area contributed by atoms with Crippen LogP contribution in [0.25, 0.3) is 0 Å². The van der Waals surface area contributed by atoms with E-state index >= 15 is 0 Å². The van der Waals surface area contributed by atoms with E-state index in [0.29, 0.717) is 21.2 Å². The molecule has 1 N–H and O–H groups in total. The number of nitrogens with one attached hydrogen (secondary N) is 1. The smallest absolute Gasteiger partial charge is 0.348 e. The highest BCUT2D eigenvalue weighted by Gasteiger charge is 2.22. The van der Waals surface area contributed by atoms with Gasteiger partial charge in [0.05, 0.1) is 12.2 Å². The quantitative estimate of drug-likeness (QED) is 0.749. The minimum atomic E-state index is -0.500. The summed E-state index contributed by atoms with van der Waals surface area (Å²) in [7, 11) is 0. The van der Waals surface area contributed by atoms with Gasteiger partial charge in [0.2, 0.25) is 0 Å². The van der Waals surface area contributed by atoms with Gasteiger partial charge in [-0.25, -0.2) is 4.79 Å². The largest absolute Gasteiger partial charge is 0.483 e. The van der Waals surface area contributed by atoms with E-state index in [-0.39, 0.29) is 18.8 Å². The van der Waals surface area contributed by atoms with Crippen LogP contribution in [0.4, 0.5) is 5.00 Å². The van der Waals surface area contributed by atoms with Crippen molar-refractivity contribution in [2.75, 3.05) is 18.5 Å². The number of esters is 1. The van der Waals surface area contributed by atoms with Gasteiger partial charge in [0.15, 0.2) is 6.61 Å². The zero-order valence-corrected chi connectivity index (χ0v) is 15.7. The molecule has 0 fully saturated rings. The minimum absolute atomic E-state index is 0.187. The molecule has 0 spiro atoms. The van der Waals surface area contributed by atoms with Gasteiger partial charge in [-0.3, -0.25) is 4.79 Å². The summed E-state index contributed by atoms with van der Waals surface area (Å²) in [6.07, 6.45) is 0.795. The molecule has 0 unspecified atom stereocenters. The lowest BCUT2D eigenvalue weighted by atomic mass is 10.1. The fourth-order valence-corrected chi connectivity index (χ4v) is 3.44. The first-order valence-electron chi connectivity index (χ1n) is 8.22. The van der Waals surface area contributed by atoms with Crippen molar-refractivity contribution >= 4 is 28.2 Å². The first-order chi connectivity index (χ1) is 12.5. The van der Waals surface area contributed by atoms with Crippen molar-refractivity contribution in [3.8, 4) is 11.8 Å². The van der Waals surface area contributed by atoms with Crippen molar-refractivity contribution in [1.29, 1.82) is 5.26 Å². The third kappa shape index (κ3) is 4.41. The van der Waals surface area contributed by atoms with Crippen LogP contribution in [0.15, 0.2) is 24.3 Å². The van der Waals surface area contributed by atoms with Crippen molar-refractivity contribution in [3.63, 3.8) is 0 Å². The number of aryl methyl sites for hydroxylation is 1. The Kier molecular flexibility index (Phi) is 6.75. The van der Waals surface area contributed by atoms with Gasteiger partial charge in [-0.1, -0.05) is 25.1 Å². The molecule has 0 aliphatic heterocycles. The Hall–Kier alpha value is -2.85. The maximum atomic E-state index is 12.2. The number of amides is 1. The number of thiophene rings is 1. The van der Waals surface area contributed by atoms with Gasteiger partial charge < -0.3 is 14.8 Å². The molecule has 6 nitrogen and oxygen atoms in total. The molecule has 0 radical (unpaired) electrons. The average molecular weight is 372 g/mol. The third-order valence-electron chi connectivity index (χ3n) is 3.68. The summed E-state index contributed by atoms with van der Waals surface area (Å²) in [5, 5.41) is 12.3. The number of carbonyl (C=O) groups is 2. The number of nitriles is 1. The summed E-state index contributed by atoms with van der Waals surface area (Å²) in [6, 6.07) is 9.53. The number of benzene rings is 1. The van der Waals surface area contributed by atoms with Gasteiger partial charge in [-0.15, -0.1) is 11.3 Å². The van der Waals surface area contributed by atoms with Crippen LogP contribution < -0.4 is 10.1 Å². The van der Waals surface area contributed by atoms with Gasteiger partial charge in [-0.2, -0.15) is 5.26 Å². The van der Waals surface area contributed by atoms with E-state index in [4.69, 9.17) is 9.47 Å². The lowest BCUT2D eigenvalue weighted by Gasteiger charge is -2.10. The van der Waals surface area contributed by atoms with Crippen LogP contribution in [0.2, 0.25) is 0 Å². The average Bonchev–Trinajstić information content (AvgIpc) is 2.95. The third-order valence-corrected chi connectivity index (χ3v) is 4.87. The Morgan fingerprint density at radius 3 is 2.65 bits per heavy atom. The molecule has 136 valence electrons. The summed E-state index contributed by atoms with van der Waals surface area (Å²) in [4.78, 5) is 24.5. The van der Waals surface area contributed by atoms with Crippen molar-refractivity contribution in [2.24, 2.45) is 0 Å². The predicted molar refractivity (Wildman–Crippen MR) is 99.7 cm³/mol. The molecule has 0 saturated carbocycles. The molecule has 2 rings (SSSR count). The van der Waals surface area contributed by atoms with Crippen LogP contribution in [-0.2, 0) is 16.0 Å². The molecule has 0 atom stereocenters. The monoisotopic (exact) mass is 372 g/mol. The molecule has 1 aromatic heterocycles. The zero-order chi connectivity index (χ0) is 19.1. The van der Waals surface area contributed by atoms with E-state index in [1.807, 2.05) is 31.2 Å². The fourth-order valence-electron chi connectivity index (χ4n) is 2.37. The minimum Gasteiger partial charge on any atom is -0.483 e. The Morgan fingerprint density at radius 2 is 2.00 bits per heavy atom. The Balaban J connectivity index is 2.10. The highest BCUT2D eigenvalue weighted by atomic mass is 32.1. The topological polar surface area (TPSA) is 88.4 Å². The zero-order valence-electron chi connectivity index (χ0n) is 14.9. The number of carbonyl (C=O) groups excluding carboxylic acids is 2. The summed E-state index contributed by atoms with van der Waals surface area (Å²) in [6.45, 7) is 5.43. The van der Waals surface area contributed by atoms with Crippen molar-refractivity contribution in [3.05, 3.63) is 45.8 Å². The standard InChI is InChI=1S/C19H20N2O4S/c1-4-13-8-6-7-9-15(13)25-11-16(22)21-18-14(10-20)12(3)17(26-18)19(23)24-5-2/h6-9H,4-5,11H2,1-3H3,(H,21,22). The van der Waals surface area contributed by atoms with Gasteiger partial charge in [0, 0.05) is 0 Å². The molecule has 26 heavy (non-hydrogen) atoms. The van der Waals surface area contributed by atoms with E-state index in [2.05, 4.69) is 5.32 Å². The molecule has 0 bridgehead atoms. The van der Waals surface area contributed by atoms with Crippen LogP contribution in [0.5, 0.6) is 5.75 Å². The number of hydrogen-bond donors (Lipinski definition) is 1. The van der Waals surface area contributed by atoms with Crippen molar-refractivity contribution in [2.45, 2.75) is 27.2 Å². The van der Waals surface area contributed by atoms with Gasteiger partial charge >= 0.3 is 5.97 Å². The lowest BCUT2D eigenvalue weighted by Crippen LogP contribution is -2.20. The van der Waals surface area contributed by atoms with E-state index < -0.39 is 11.9 Å². The van der Waals surface area contributed by atoms with Crippen molar-refractivity contribution in [1.82, 2.24) is 0 Å². The summed E-state index contributed by atoms with van der Waals surface area (Å²) < 4.78 is 10.6. The summed E-state index contributed by atoms with van der Waals surface area (Å²) in [5.41, 5.74) is 1.78. The number of para-hydroxylation sites is 1. The molecular weight excluding hydrogens is 352 g/mol. The maximum Gasteiger partial charge on any atom is 0.348 e. The molecule has 0 saturated heterocycles. The Bertz CT molecular complexity index is 852. The molecular formula is C19H20N2O4S. The molecule has 1 heterocycles. The number of rotatable bonds is 7. The Morgan fingerprint density at radius 1 is 1.27 bits per heavy atom. The first kappa shape index (κ1) is 19.5. The summed E-state index contributed by atoms with van der Waals surface area (Å²) >= 11 is 1.03. The van der Waals surface area contributed by atoms with Crippen molar-refractivity contribution < 1.29 is 19.1 Å². The lowest BCUT2D eigenvalue weighted by molar-refractivity contribution is -0.118. The van der Waals surface area contributed by atoms with Crippen LogP contribution in [0.1, 0.15) is 40.2 Å². The van der Waals surface area contributed by atoms with Gasteiger partial charge in [0.1, 0.15) is 21.7 Å². The summed E-state index contributed by atoms with van der Waals surface area (Å²) in [5.74, 6) is -0.246. The van der Waals surface area contributed by atoms with E-state index in [1.165, 1.54) is 0 Å². The second kappa shape index (κ2) is 9.02. The van der Waals surface area contributed by atoms with E-state index in [0.717, 1.165) is 23.3 Å². The second-order valence-electron chi connectivity index (χ2n) is 5.39. The van der Waals surface area contributed by atoms with Crippen LogP contribution in [-0.4, -0.2) is 25.1 Å². The molecule has 0 aliphatic carbocycles. The molecule has 2 aromatic rings. The second-order valence-corrected chi connectivity index (χ2v) is 6.41.